The number of halogens is 2. The van der Waals surface area contributed by atoms with Gasteiger partial charge in [0.2, 0.25) is 0 Å². The van der Waals surface area contributed by atoms with Gasteiger partial charge in [-0.2, -0.15) is 0 Å². The molecule has 0 saturated carbocycles. The van der Waals surface area contributed by atoms with Crippen molar-refractivity contribution in [1.29, 1.82) is 0 Å². The lowest BCUT2D eigenvalue weighted by Gasteiger charge is -2.41. The van der Waals surface area contributed by atoms with Crippen LogP contribution in [0.25, 0.3) is 0 Å². The Kier molecular flexibility index (Phi) is 3.19. The number of nitrogens with zero attached hydrogens (tertiary/aromatic N) is 1. The Labute approximate surface area is 99.9 Å². The maximum atomic E-state index is 13.7. The summed E-state index contributed by atoms with van der Waals surface area (Å²) in [6.07, 6.45) is 0.845. The molecule has 1 saturated heterocycles. The van der Waals surface area contributed by atoms with E-state index in [0.717, 1.165) is 6.07 Å². The number of hydrogen-bond acceptors (Lipinski definition) is 2. The van der Waals surface area contributed by atoms with E-state index in [4.69, 9.17) is 0 Å². The van der Waals surface area contributed by atoms with Gasteiger partial charge in [0.15, 0.2) is 11.6 Å². The molecule has 1 aliphatic rings. The maximum absolute atomic E-state index is 13.7. The van der Waals surface area contributed by atoms with Gasteiger partial charge >= 0.3 is 0 Å². The summed E-state index contributed by atoms with van der Waals surface area (Å²) in [5.74, 6) is -1.82. The van der Waals surface area contributed by atoms with Gasteiger partial charge < -0.3 is 10.0 Å². The van der Waals surface area contributed by atoms with E-state index in [0.29, 0.717) is 19.4 Å². The van der Waals surface area contributed by atoms with Crippen LogP contribution in [0.1, 0.15) is 25.3 Å². The number of piperidine rings is 1. The molecule has 1 N–H and O–H groups in total. The highest BCUT2D eigenvalue weighted by molar-refractivity contribution is 5.26. The summed E-state index contributed by atoms with van der Waals surface area (Å²) < 4.78 is 26.9. The Hall–Kier alpha value is -1.00. The second-order valence-corrected chi connectivity index (χ2v) is 4.92. The van der Waals surface area contributed by atoms with Gasteiger partial charge in [-0.15, -0.1) is 0 Å². The van der Waals surface area contributed by atoms with Crippen molar-refractivity contribution in [2.75, 3.05) is 13.6 Å². The fourth-order valence-electron chi connectivity index (χ4n) is 2.44. The Balaban J connectivity index is 2.35. The van der Waals surface area contributed by atoms with Crippen LogP contribution in [0.5, 0.6) is 0 Å². The van der Waals surface area contributed by atoms with E-state index in [1.807, 2.05) is 14.0 Å². The van der Waals surface area contributed by atoms with E-state index in [9.17, 15) is 13.9 Å². The highest BCUT2D eigenvalue weighted by Crippen LogP contribution is 2.36. The van der Waals surface area contributed by atoms with E-state index in [2.05, 4.69) is 4.90 Å². The van der Waals surface area contributed by atoms with Crippen molar-refractivity contribution in [3.63, 3.8) is 0 Å². The molecule has 1 aliphatic heterocycles. The maximum Gasteiger partial charge on any atom is 0.164 e. The first-order valence-electron chi connectivity index (χ1n) is 5.81. The second kappa shape index (κ2) is 4.35. The molecule has 2 atom stereocenters. The van der Waals surface area contributed by atoms with Crippen LogP contribution >= 0.6 is 0 Å². The topological polar surface area (TPSA) is 23.5 Å². The Bertz CT molecular complexity index is 424. The molecule has 17 heavy (non-hydrogen) atoms. The molecule has 94 valence electrons. The smallest absolute Gasteiger partial charge is 0.164 e. The summed E-state index contributed by atoms with van der Waals surface area (Å²) in [6, 6.07) is 4.13. The van der Waals surface area contributed by atoms with Crippen LogP contribution in [-0.2, 0) is 5.60 Å². The molecule has 0 spiro atoms. The number of hydrogen-bond donors (Lipinski definition) is 1. The SMILES string of the molecule is CC1CC(O)(c2cccc(F)c2F)CCN1C. The predicted octanol–water partition coefficient (Wildman–Crippen LogP) is 2.27. The molecule has 1 heterocycles. The van der Waals surface area contributed by atoms with Gasteiger partial charge in [0, 0.05) is 18.2 Å². The van der Waals surface area contributed by atoms with Gasteiger partial charge in [-0.25, -0.2) is 8.78 Å². The molecule has 1 aromatic rings. The van der Waals surface area contributed by atoms with E-state index in [1.54, 1.807) is 0 Å². The lowest BCUT2D eigenvalue weighted by Crippen LogP contribution is -2.46. The lowest BCUT2D eigenvalue weighted by atomic mass is 9.81. The Morgan fingerprint density at radius 1 is 1.41 bits per heavy atom. The molecular weight excluding hydrogens is 224 g/mol. The lowest BCUT2D eigenvalue weighted by molar-refractivity contribution is -0.0436. The minimum absolute atomic E-state index is 0.0810. The van der Waals surface area contributed by atoms with E-state index >= 15 is 0 Å². The number of likely N-dealkylation sites (tertiary alicyclic amines) is 1. The molecule has 4 heteroatoms. The van der Waals surface area contributed by atoms with Crippen molar-refractivity contribution in [2.45, 2.75) is 31.4 Å². The van der Waals surface area contributed by atoms with Crippen LogP contribution in [0, 0.1) is 11.6 Å². The molecular formula is C13H17F2NO. The van der Waals surface area contributed by atoms with Crippen molar-refractivity contribution in [3.05, 3.63) is 35.4 Å². The number of aliphatic hydroxyl groups is 1. The third-order valence-electron chi connectivity index (χ3n) is 3.72. The quantitative estimate of drug-likeness (QED) is 0.815. The van der Waals surface area contributed by atoms with Gasteiger partial charge in [-0.05, 0) is 32.9 Å². The van der Waals surface area contributed by atoms with Gasteiger partial charge in [0.05, 0.1) is 5.60 Å². The molecule has 2 nitrogen and oxygen atoms in total. The first-order chi connectivity index (χ1) is 7.94. The first-order valence-corrected chi connectivity index (χ1v) is 5.81. The Morgan fingerprint density at radius 2 is 2.12 bits per heavy atom. The third kappa shape index (κ3) is 2.19. The van der Waals surface area contributed by atoms with Crippen molar-refractivity contribution in [2.24, 2.45) is 0 Å². The summed E-state index contributed by atoms with van der Waals surface area (Å²) in [4.78, 5) is 2.10. The predicted molar refractivity (Wildman–Crippen MR) is 61.6 cm³/mol. The molecule has 0 aromatic heterocycles. The van der Waals surface area contributed by atoms with Crippen LogP contribution in [0.15, 0.2) is 18.2 Å². The van der Waals surface area contributed by atoms with Crippen molar-refractivity contribution >= 4 is 0 Å². The minimum atomic E-state index is -1.25. The highest BCUT2D eigenvalue weighted by Gasteiger charge is 2.38. The zero-order valence-corrected chi connectivity index (χ0v) is 10.1. The molecule has 1 aromatic carbocycles. The Morgan fingerprint density at radius 3 is 2.76 bits per heavy atom. The van der Waals surface area contributed by atoms with Crippen molar-refractivity contribution in [3.8, 4) is 0 Å². The highest BCUT2D eigenvalue weighted by atomic mass is 19.2. The molecule has 0 amide bonds. The third-order valence-corrected chi connectivity index (χ3v) is 3.72. The standard InChI is InChI=1S/C13H17F2NO/c1-9-8-13(17,6-7-16(9)2)10-4-3-5-11(14)12(10)15/h3-5,9,17H,6-8H2,1-2H3. The molecule has 1 fully saturated rings. The molecule has 0 radical (unpaired) electrons. The van der Waals surface area contributed by atoms with E-state index < -0.39 is 17.2 Å². The molecule has 0 aliphatic carbocycles. The van der Waals surface area contributed by atoms with Crippen molar-refractivity contribution in [1.82, 2.24) is 4.90 Å². The summed E-state index contributed by atoms with van der Waals surface area (Å²) in [6.45, 7) is 2.65. The van der Waals surface area contributed by atoms with E-state index in [1.165, 1.54) is 12.1 Å². The minimum Gasteiger partial charge on any atom is -0.385 e. The van der Waals surface area contributed by atoms with Crippen LogP contribution in [-0.4, -0.2) is 29.6 Å². The van der Waals surface area contributed by atoms with Crippen molar-refractivity contribution < 1.29 is 13.9 Å². The molecule has 2 unspecified atom stereocenters. The summed E-state index contributed by atoms with van der Waals surface area (Å²) in [5.41, 5.74) is -1.17. The number of rotatable bonds is 1. The molecule has 2 rings (SSSR count). The van der Waals surface area contributed by atoms with Crippen LogP contribution in [0.2, 0.25) is 0 Å². The van der Waals surface area contributed by atoms with Crippen LogP contribution < -0.4 is 0 Å². The van der Waals surface area contributed by atoms with Gasteiger partial charge in [0.1, 0.15) is 0 Å². The number of benzene rings is 1. The van der Waals surface area contributed by atoms with E-state index in [-0.39, 0.29) is 11.6 Å². The van der Waals surface area contributed by atoms with Gasteiger partial charge in [-0.1, -0.05) is 12.1 Å². The second-order valence-electron chi connectivity index (χ2n) is 4.92. The fourth-order valence-corrected chi connectivity index (χ4v) is 2.44. The average molecular weight is 241 g/mol. The summed E-state index contributed by atoms with van der Waals surface area (Å²) in [5, 5.41) is 10.5. The first kappa shape index (κ1) is 12.5. The average Bonchev–Trinajstić information content (AvgIpc) is 2.28. The largest absolute Gasteiger partial charge is 0.385 e. The monoisotopic (exact) mass is 241 g/mol. The van der Waals surface area contributed by atoms with Gasteiger partial charge in [-0.3, -0.25) is 0 Å². The summed E-state index contributed by atoms with van der Waals surface area (Å²) in [7, 11) is 1.96. The summed E-state index contributed by atoms with van der Waals surface area (Å²) >= 11 is 0. The van der Waals surface area contributed by atoms with Gasteiger partial charge in [0.25, 0.3) is 0 Å². The van der Waals surface area contributed by atoms with Crippen LogP contribution in [0.3, 0.4) is 0 Å². The van der Waals surface area contributed by atoms with Crippen LogP contribution in [0.4, 0.5) is 8.78 Å². The fraction of sp³-hybridized carbons (Fsp3) is 0.538. The zero-order valence-electron chi connectivity index (χ0n) is 10.1. The normalized spacial score (nSPS) is 30.5. The zero-order chi connectivity index (χ0) is 12.6. The molecule has 0 bridgehead atoms.